The van der Waals surface area contributed by atoms with E-state index >= 15 is 0 Å². The molecule has 8 heterocycles. The van der Waals surface area contributed by atoms with Gasteiger partial charge in [0.1, 0.15) is 28.7 Å². The van der Waals surface area contributed by atoms with E-state index in [-0.39, 0.29) is 53.3 Å². The fraction of sp³-hybridized carbons (Fsp3) is 0.364. The molecule has 0 spiro atoms. The number of benzene rings is 2. The van der Waals surface area contributed by atoms with Gasteiger partial charge in [-0.25, -0.2) is 19.0 Å². The smallest absolute Gasteiger partial charge is 0.261 e. The van der Waals surface area contributed by atoms with E-state index in [4.69, 9.17) is 24.0 Å². The fourth-order valence-corrected chi connectivity index (χ4v) is 8.70. The van der Waals surface area contributed by atoms with E-state index in [1.807, 2.05) is 25.7 Å². The summed E-state index contributed by atoms with van der Waals surface area (Å²) in [6, 6.07) is 10.3. The minimum Gasteiger partial charge on any atom is -0.489 e. The molecule has 2 aromatic carbocycles. The van der Waals surface area contributed by atoms with Crippen LogP contribution < -0.4 is 20.1 Å². The van der Waals surface area contributed by atoms with Crippen LogP contribution in [0.3, 0.4) is 0 Å². The van der Waals surface area contributed by atoms with Gasteiger partial charge in [0, 0.05) is 68.6 Å². The molecule has 0 radical (unpaired) electrons. The zero-order chi connectivity index (χ0) is 42.6. The number of aromatic nitrogens is 6. The maximum absolute atomic E-state index is 14.5. The van der Waals surface area contributed by atoms with E-state index in [1.165, 1.54) is 15.2 Å². The average molecular weight is 841 g/mol. The Morgan fingerprint density at radius 2 is 1.35 bits per heavy atom. The van der Waals surface area contributed by atoms with Crippen molar-refractivity contribution in [3.63, 3.8) is 0 Å². The number of anilines is 2. The zero-order valence-corrected chi connectivity index (χ0v) is 34.4. The number of fused-ring (bicyclic) bond motifs is 4. The lowest BCUT2D eigenvalue weighted by atomic mass is 10.1. The summed E-state index contributed by atoms with van der Waals surface area (Å²) >= 11 is 0. The van der Waals surface area contributed by atoms with E-state index in [1.54, 1.807) is 66.1 Å². The second kappa shape index (κ2) is 15.8. The number of nitrogens with one attached hydrogen (secondary N) is 2. The number of nitrogens with zero attached hydrogens (tertiary/aromatic N) is 8. The van der Waals surface area contributed by atoms with Crippen molar-refractivity contribution in [3.05, 3.63) is 106 Å². The first-order valence-electron chi connectivity index (χ1n) is 20.8. The largest absolute Gasteiger partial charge is 0.489 e. The predicted molar refractivity (Wildman–Crippen MR) is 223 cm³/mol. The van der Waals surface area contributed by atoms with Crippen LogP contribution in [0.15, 0.2) is 67.4 Å². The second-order valence-electron chi connectivity index (χ2n) is 16.3. The summed E-state index contributed by atoms with van der Waals surface area (Å²) in [7, 11) is 0. The van der Waals surface area contributed by atoms with Crippen molar-refractivity contribution in [1.29, 1.82) is 0 Å². The maximum atomic E-state index is 14.5. The van der Waals surface area contributed by atoms with Crippen LogP contribution in [0, 0.1) is 0 Å². The minimum absolute atomic E-state index is 0.0140. The summed E-state index contributed by atoms with van der Waals surface area (Å²) in [5.74, 6) is -0.528. The molecule has 10 rings (SSSR count). The highest BCUT2D eigenvalue weighted by atomic mass is 16.5. The highest BCUT2D eigenvalue weighted by Gasteiger charge is 2.38. The molecule has 0 bridgehead atoms. The fourth-order valence-electron chi connectivity index (χ4n) is 8.70. The van der Waals surface area contributed by atoms with E-state index in [0.29, 0.717) is 84.8 Å². The third kappa shape index (κ3) is 7.13. The molecule has 6 aromatic rings. The van der Waals surface area contributed by atoms with E-state index in [9.17, 15) is 19.2 Å². The van der Waals surface area contributed by atoms with Gasteiger partial charge < -0.3 is 39.4 Å². The van der Waals surface area contributed by atoms with Crippen molar-refractivity contribution >= 4 is 46.3 Å². The topological polar surface area (TPSA) is 196 Å². The zero-order valence-electron chi connectivity index (χ0n) is 34.4. The number of hydrogen-bond acceptors (Lipinski definition) is 12. The number of amides is 4. The van der Waals surface area contributed by atoms with Gasteiger partial charge in [-0.1, -0.05) is 0 Å². The van der Waals surface area contributed by atoms with Crippen LogP contribution in [0.25, 0.3) is 11.3 Å². The maximum Gasteiger partial charge on any atom is 0.261 e. The molecule has 18 nitrogen and oxygen atoms in total. The monoisotopic (exact) mass is 840 g/mol. The molecule has 4 aromatic heterocycles. The van der Waals surface area contributed by atoms with Crippen molar-refractivity contribution in [1.82, 2.24) is 39.0 Å². The van der Waals surface area contributed by atoms with Crippen molar-refractivity contribution in [2.75, 3.05) is 37.1 Å². The molecule has 62 heavy (non-hydrogen) atoms. The molecular weight excluding hydrogens is 797 g/mol. The van der Waals surface area contributed by atoms with Gasteiger partial charge in [0.2, 0.25) is 0 Å². The van der Waals surface area contributed by atoms with Gasteiger partial charge in [-0.2, -0.15) is 10.2 Å². The Morgan fingerprint density at radius 3 is 1.95 bits per heavy atom. The molecule has 0 aliphatic carbocycles. The Labute approximate surface area is 355 Å². The molecule has 318 valence electrons. The summed E-state index contributed by atoms with van der Waals surface area (Å²) in [6.45, 7) is 8.48. The van der Waals surface area contributed by atoms with Gasteiger partial charge in [0.05, 0.1) is 54.7 Å². The Morgan fingerprint density at radius 1 is 0.774 bits per heavy atom. The number of hydrogen-bond donors (Lipinski definition) is 2. The first-order valence-corrected chi connectivity index (χ1v) is 20.8. The molecule has 4 aliphatic heterocycles. The molecule has 4 amide bonds. The standard InChI is InChI=1S/C44H44N10O8/c1-24(2)61-36-17-30-26(20-51(43(30)57)28-6-12-59-22-28)15-33(36)49-42(56)38-35(50-54-11-5-9-46-40(38)54)14-25(3)62-37-18-31-27(21-52(44(31)58)29-7-13-60-23-29)16-34(37)48-41(55)32-19-47-53-10-4-8-45-39(32)53/h4-5,8-11,15-19,24-25,28-29H,6-7,12-14,20-23H2,1-3H3,(H,48,55)(H,49,56)/t25?,28-,29+/m1/s1. The van der Waals surface area contributed by atoms with Crippen molar-refractivity contribution in [2.24, 2.45) is 0 Å². The van der Waals surface area contributed by atoms with Gasteiger partial charge in [-0.15, -0.1) is 0 Å². The Bertz CT molecular complexity index is 2770. The first kappa shape index (κ1) is 39.2. The number of carbonyl (C=O) groups is 4. The minimum atomic E-state index is -0.633. The van der Waals surface area contributed by atoms with Gasteiger partial charge in [-0.05, 0) is 81.1 Å². The summed E-state index contributed by atoms with van der Waals surface area (Å²) in [4.78, 5) is 68.1. The second-order valence-corrected chi connectivity index (χ2v) is 16.3. The summed E-state index contributed by atoms with van der Waals surface area (Å²) in [6.07, 6.45) is 8.80. The normalized spacial score (nSPS) is 18.8. The van der Waals surface area contributed by atoms with Crippen molar-refractivity contribution in [2.45, 2.75) is 77.4 Å². The van der Waals surface area contributed by atoms with Crippen molar-refractivity contribution in [3.8, 4) is 11.5 Å². The Hall–Kier alpha value is -6.92. The molecule has 2 fully saturated rings. The van der Waals surface area contributed by atoms with Crippen LogP contribution in [0.1, 0.15) is 91.9 Å². The Balaban J connectivity index is 0.947. The summed E-state index contributed by atoms with van der Waals surface area (Å²) in [5, 5.41) is 15.1. The number of rotatable bonds is 12. The Kier molecular flexibility index (Phi) is 10.0. The third-order valence-electron chi connectivity index (χ3n) is 11.7. The van der Waals surface area contributed by atoms with Crippen molar-refractivity contribution < 1.29 is 38.1 Å². The van der Waals surface area contributed by atoms with Gasteiger partial charge in [0.15, 0.2) is 11.3 Å². The number of carbonyl (C=O) groups excluding carboxylic acids is 4. The van der Waals surface area contributed by atoms with Gasteiger partial charge in [0.25, 0.3) is 23.6 Å². The summed E-state index contributed by atoms with van der Waals surface area (Å²) in [5.41, 5.74) is 4.90. The van der Waals surface area contributed by atoms with Crippen LogP contribution >= 0.6 is 0 Å². The van der Waals surface area contributed by atoms with Crippen LogP contribution in [0.4, 0.5) is 11.4 Å². The van der Waals surface area contributed by atoms with Crippen LogP contribution in [-0.4, -0.2) is 113 Å². The molecule has 2 N–H and O–H groups in total. The molecule has 3 atom stereocenters. The van der Waals surface area contributed by atoms with Crippen LogP contribution in [0.5, 0.6) is 11.5 Å². The average Bonchev–Trinajstić information content (AvgIpc) is 4.12. The predicted octanol–water partition coefficient (Wildman–Crippen LogP) is 4.56. The van der Waals surface area contributed by atoms with E-state index < -0.39 is 17.9 Å². The molecule has 0 saturated carbocycles. The molecule has 4 aliphatic rings. The summed E-state index contributed by atoms with van der Waals surface area (Å²) < 4.78 is 27.0. The van der Waals surface area contributed by atoms with Crippen LogP contribution in [-0.2, 0) is 29.0 Å². The van der Waals surface area contributed by atoms with E-state index in [0.717, 1.165) is 24.0 Å². The quantitative estimate of drug-likeness (QED) is 0.175. The lowest BCUT2D eigenvalue weighted by Gasteiger charge is -2.21. The molecule has 18 heteroatoms. The van der Waals surface area contributed by atoms with Crippen LogP contribution in [0.2, 0.25) is 0 Å². The first-order chi connectivity index (χ1) is 30.1. The number of ether oxygens (including phenoxy) is 4. The molecular formula is C44H44N10O8. The molecule has 1 unspecified atom stereocenters. The SMILES string of the molecule is CC(C)Oc1cc2c(cc1NC(=O)c1c(CC(C)Oc3cc4c(cc3NC(=O)c3cnn5cccnc35)CN([C@H]3CCOC3)C4=O)nn3cccnc13)CN([C@@H]1CCOC1)C2=O. The lowest BCUT2D eigenvalue weighted by Crippen LogP contribution is -2.35. The highest BCUT2D eigenvalue weighted by molar-refractivity contribution is 6.11. The highest BCUT2D eigenvalue weighted by Crippen LogP contribution is 2.39. The van der Waals surface area contributed by atoms with Gasteiger partial charge in [-0.3, -0.25) is 19.2 Å². The van der Waals surface area contributed by atoms with Gasteiger partial charge >= 0.3 is 0 Å². The van der Waals surface area contributed by atoms with E-state index in [2.05, 4.69) is 25.7 Å². The third-order valence-corrected chi connectivity index (χ3v) is 11.7. The lowest BCUT2D eigenvalue weighted by molar-refractivity contribution is 0.0672. The molecule has 2 saturated heterocycles.